The molecular formula is C16H24N2O3S. The molecule has 1 unspecified atom stereocenters. The molecule has 122 valence electrons. The Kier molecular flexibility index (Phi) is 4.90. The van der Waals surface area contributed by atoms with Gasteiger partial charge >= 0.3 is 5.97 Å². The predicted molar refractivity (Wildman–Crippen MR) is 86.3 cm³/mol. The quantitative estimate of drug-likeness (QED) is 0.904. The van der Waals surface area contributed by atoms with Gasteiger partial charge in [-0.3, -0.25) is 9.59 Å². The summed E-state index contributed by atoms with van der Waals surface area (Å²) in [5.41, 5.74) is -0.0589. The van der Waals surface area contributed by atoms with Crippen LogP contribution in [0.4, 0.5) is 0 Å². The van der Waals surface area contributed by atoms with Crippen molar-refractivity contribution in [2.24, 2.45) is 11.3 Å². The Bertz CT molecular complexity index is 582. The molecule has 1 aliphatic heterocycles. The van der Waals surface area contributed by atoms with E-state index in [1.807, 2.05) is 20.8 Å². The number of carbonyl (C=O) groups is 2. The molecule has 0 saturated carbocycles. The number of carboxylic acid groups (broad SMARTS) is 1. The van der Waals surface area contributed by atoms with Crippen molar-refractivity contribution in [2.75, 3.05) is 13.1 Å². The summed E-state index contributed by atoms with van der Waals surface area (Å²) < 4.78 is 0. The van der Waals surface area contributed by atoms with Gasteiger partial charge in [0, 0.05) is 13.1 Å². The maximum atomic E-state index is 12.7. The van der Waals surface area contributed by atoms with E-state index in [0.717, 1.165) is 23.5 Å². The van der Waals surface area contributed by atoms with Crippen molar-refractivity contribution < 1.29 is 14.7 Å². The Morgan fingerprint density at radius 1 is 1.45 bits per heavy atom. The van der Waals surface area contributed by atoms with Crippen LogP contribution in [-0.4, -0.2) is 40.0 Å². The lowest BCUT2D eigenvalue weighted by Gasteiger charge is -2.28. The van der Waals surface area contributed by atoms with Gasteiger partial charge in [0.1, 0.15) is 4.88 Å². The number of aryl methyl sites for hydroxylation is 2. The molecule has 0 radical (unpaired) electrons. The minimum absolute atomic E-state index is 0.000935. The van der Waals surface area contributed by atoms with E-state index in [1.165, 1.54) is 11.3 Å². The maximum absolute atomic E-state index is 12.7. The van der Waals surface area contributed by atoms with E-state index in [2.05, 4.69) is 11.9 Å². The monoisotopic (exact) mass is 324 g/mol. The van der Waals surface area contributed by atoms with Gasteiger partial charge < -0.3 is 10.0 Å². The number of hydrogen-bond acceptors (Lipinski definition) is 4. The summed E-state index contributed by atoms with van der Waals surface area (Å²) in [6.45, 7) is 8.57. The molecule has 0 spiro atoms. The Labute approximate surface area is 135 Å². The molecule has 1 N–H and O–H groups in total. The van der Waals surface area contributed by atoms with Crippen LogP contribution in [-0.2, 0) is 11.2 Å². The lowest BCUT2D eigenvalue weighted by Crippen LogP contribution is -2.40. The van der Waals surface area contributed by atoms with Crippen LogP contribution in [0.3, 0.4) is 0 Å². The second kappa shape index (κ2) is 6.36. The van der Waals surface area contributed by atoms with Crippen LogP contribution in [0.15, 0.2) is 0 Å². The molecule has 1 fully saturated rings. The third-order valence-corrected chi connectivity index (χ3v) is 5.82. The average Bonchev–Trinajstić information content (AvgIpc) is 3.03. The number of aliphatic carboxylic acids is 1. The SMILES string of the molecule is CCCc1nc(C)c(C(=O)N2CCC(C(=O)O)(C(C)C)C2)s1. The van der Waals surface area contributed by atoms with Gasteiger partial charge in [0.15, 0.2) is 0 Å². The lowest BCUT2D eigenvalue weighted by molar-refractivity contribution is -0.150. The molecule has 1 aromatic rings. The van der Waals surface area contributed by atoms with E-state index < -0.39 is 11.4 Å². The minimum Gasteiger partial charge on any atom is -0.481 e. The number of carboxylic acids is 1. The fourth-order valence-corrected chi connectivity index (χ4v) is 4.15. The Morgan fingerprint density at radius 2 is 2.14 bits per heavy atom. The molecule has 2 rings (SSSR count). The molecule has 1 aliphatic rings. The number of likely N-dealkylation sites (tertiary alicyclic amines) is 1. The smallest absolute Gasteiger partial charge is 0.311 e. The summed E-state index contributed by atoms with van der Waals surface area (Å²) in [6, 6.07) is 0. The lowest BCUT2D eigenvalue weighted by atomic mass is 9.76. The highest BCUT2D eigenvalue weighted by Crippen LogP contribution is 2.39. The van der Waals surface area contributed by atoms with E-state index in [1.54, 1.807) is 4.90 Å². The number of aromatic nitrogens is 1. The summed E-state index contributed by atoms with van der Waals surface area (Å²) in [6.07, 6.45) is 2.40. The molecule has 0 bridgehead atoms. The van der Waals surface area contributed by atoms with Crippen LogP contribution < -0.4 is 0 Å². The standard InChI is InChI=1S/C16H24N2O3S/c1-5-6-12-17-11(4)13(22-12)14(19)18-8-7-16(9-18,10(2)3)15(20)21/h10H,5-9H2,1-4H3,(H,20,21). The van der Waals surface area contributed by atoms with E-state index in [-0.39, 0.29) is 11.8 Å². The first kappa shape index (κ1) is 16.9. The zero-order valence-corrected chi connectivity index (χ0v) is 14.5. The maximum Gasteiger partial charge on any atom is 0.311 e. The largest absolute Gasteiger partial charge is 0.481 e. The van der Waals surface area contributed by atoms with E-state index in [9.17, 15) is 14.7 Å². The van der Waals surface area contributed by atoms with Crippen LogP contribution in [0.5, 0.6) is 0 Å². The van der Waals surface area contributed by atoms with Gasteiger partial charge in [-0.15, -0.1) is 11.3 Å². The first-order valence-electron chi connectivity index (χ1n) is 7.80. The second-order valence-corrected chi connectivity index (χ2v) is 7.45. The van der Waals surface area contributed by atoms with Crippen LogP contribution in [0, 0.1) is 18.3 Å². The first-order valence-corrected chi connectivity index (χ1v) is 8.62. The van der Waals surface area contributed by atoms with Crippen molar-refractivity contribution in [3.63, 3.8) is 0 Å². The van der Waals surface area contributed by atoms with Crippen LogP contribution in [0.1, 0.15) is 54.0 Å². The molecule has 0 aromatic carbocycles. The summed E-state index contributed by atoms with van der Waals surface area (Å²) >= 11 is 1.45. The Hall–Kier alpha value is -1.43. The van der Waals surface area contributed by atoms with Gasteiger partial charge in [-0.1, -0.05) is 20.8 Å². The predicted octanol–water partition coefficient (Wildman–Crippen LogP) is 2.98. The van der Waals surface area contributed by atoms with E-state index in [0.29, 0.717) is 24.4 Å². The first-order chi connectivity index (χ1) is 10.3. The Balaban J connectivity index is 2.20. The van der Waals surface area contributed by atoms with Crippen molar-refractivity contribution >= 4 is 23.2 Å². The highest BCUT2D eigenvalue weighted by Gasteiger charge is 2.48. The number of rotatable bonds is 5. The van der Waals surface area contributed by atoms with Crippen molar-refractivity contribution in [1.29, 1.82) is 0 Å². The van der Waals surface area contributed by atoms with Gasteiger partial charge in [0.2, 0.25) is 0 Å². The van der Waals surface area contributed by atoms with E-state index >= 15 is 0 Å². The molecular weight excluding hydrogens is 300 g/mol. The van der Waals surface area contributed by atoms with Gasteiger partial charge in [0.05, 0.1) is 16.1 Å². The van der Waals surface area contributed by atoms with Crippen LogP contribution >= 0.6 is 11.3 Å². The summed E-state index contributed by atoms with van der Waals surface area (Å²) in [5.74, 6) is -0.868. The normalized spacial score (nSPS) is 21.6. The number of thiazole rings is 1. The average molecular weight is 324 g/mol. The highest BCUT2D eigenvalue weighted by atomic mass is 32.1. The topological polar surface area (TPSA) is 70.5 Å². The molecule has 1 aromatic heterocycles. The number of hydrogen-bond donors (Lipinski definition) is 1. The molecule has 5 nitrogen and oxygen atoms in total. The van der Waals surface area contributed by atoms with Crippen molar-refractivity contribution in [2.45, 2.75) is 47.0 Å². The van der Waals surface area contributed by atoms with E-state index in [4.69, 9.17) is 0 Å². The van der Waals surface area contributed by atoms with Crippen molar-refractivity contribution in [1.82, 2.24) is 9.88 Å². The van der Waals surface area contributed by atoms with Crippen LogP contribution in [0.2, 0.25) is 0 Å². The second-order valence-electron chi connectivity index (χ2n) is 6.36. The number of amides is 1. The van der Waals surface area contributed by atoms with Gasteiger partial charge in [-0.2, -0.15) is 0 Å². The zero-order chi connectivity index (χ0) is 16.5. The van der Waals surface area contributed by atoms with Gasteiger partial charge in [-0.25, -0.2) is 4.98 Å². The number of carbonyl (C=O) groups excluding carboxylic acids is 1. The molecule has 1 saturated heterocycles. The molecule has 22 heavy (non-hydrogen) atoms. The number of nitrogens with zero attached hydrogens (tertiary/aromatic N) is 2. The Morgan fingerprint density at radius 3 is 2.64 bits per heavy atom. The molecule has 1 atom stereocenters. The van der Waals surface area contributed by atoms with Crippen LogP contribution in [0.25, 0.3) is 0 Å². The van der Waals surface area contributed by atoms with Crippen molar-refractivity contribution in [3.8, 4) is 0 Å². The molecule has 2 heterocycles. The molecule has 1 amide bonds. The van der Waals surface area contributed by atoms with Gasteiger partial charge in [-0.05, 0) is 32.1 Å². The van der Waals surface area contributed by atoms with Crippen molar-refractivity contribution in [3.05, 3.63) is 15.6 Å². The summed E-state index contributed by atoms with van der Waals surface area (Å²) in [4.78, 5) is 31.2. The van der Waals surface area contributed by atoms with Gasteiger partial charge in [0.25, 0.3) is 5.91 Å². The summed E-state index contributed by atoms with van der Waals surface area (Å²) in [7, 11) is 0. The fourth-order valence-electron chi connectivity index (χ4n) is 3.01. The highest BCUT2D eigenvalue weighted by molar-refractivity contribution is 7.13. The fraction of sp³-hybridized carbons (Fsp3) is 0.688. The molecule has 6 heteroatoms. The molecule has 0 aliphatic carbocycles. The zero-order valence-electron chi connectivity index (χ0n) is 13.7. The summed E-state index contributed by atoms with van der Waals surface area (Å²) in [5, 5.41) is 10.6. The third-order valence-electron chi connectivity index (χ3n) is 4.62. The third kappa shape index (κ3) is 2.89. The minimum atomic E-state index is -0.819.